The number of hydrogen-bond acceptors (Lipinski definition) is 3. The third kappa shape index (κ3) is 4.04. The highest BCUT2D eigenvalue weighted by Crippen LogP contribution is 2.23. The number of aliphatic hydroxyl groups excluding tert-OH is 2. The molecule has 3 heteroatoms. The molecule has 1 fully saturated rings. The summed E-state index contributed by atoms with van der Waals surface area (Å²) in [5.41, 5.74) is -0.466. The molecule has 0 unspecified atom stereocenters. The van der Waals surface area contributed by atoms with Crippen LogP contribution in [0.5, 0.6) is 0 Å². The van der Waals surface area contributed by atoms with Gasteiger partial charge in [0.1, 0.15) is 0 Å². The van der Waals surface area contributed by atoms with E-state index in [0.29, 0.717) is 0 Å². The molecule has 16 heavy (non-hydrogen) atoms. The molecule has 0 saturated heterocycles. The van der Waals surface area contributed by atoms with E-state index in [1.165, 1.54) is 38.5 Å². The Bertz CT molecular complexity index is 165. The van der Waals surface area contributed by atoms with Gasteiger partial charge in [0.2, 0.25) is 0 Å². The van der Waals surface area contributed by atoms with Crippen LogP contribution in [0, 0.1) is 5.92 Å². The Labute approximate surface area is 99.3 Å². The van der Waals surface area contributed by atoms with Crippen LogP contribution in [0.1, 0.15) is 51.9 Å². The normalized spacial score (nSPS) is 19.7. The van der Waals surface area contributed by atoms with Gasteiger partial charge in [-0.3, -0.25) is 0 Å². The van der Waals surface area contributed by atoms with Crippen molar-refractivity contribution >= 4 is 0 Å². The van der Waals surface area contributed by atoms with Gasteiger partial charge in [0.05, 0.1) is 18.8 Å². The Morgan fingerprint density at radius 2 is 1.62 bits per heavy atom. The smallest absolute Gasteiger partial charge is 0.0645 e. The third-order valence-corrected chi connectivity index (χ3v) is 4.02. The van der Waals surface area contributed by atoms with Gasteiger partial charge in [0.15, 0.2) is 0 Å². The van der Waals surface area contributed by atoms with Crippen molar-refractivity contribution < 1.29 is 10.2 Å². The fourth-order valence-corrected chi connectivity index (χ4v) is 2.44. The summed E-state index contributed by atoms with van der Waals surface area (Å²) in [7, 11) is 0. The molecule has 96 valence electrons. The number of nitrogens with one attached hydrogen (secondary N) is 1. The fraction of sp³-hybridized carbons (Fsp3) is 1.00. The Hall–Kier alpha value is -0.120. The summed E-state index contributed by atoms with van der Waals surface area (Å²) in [6.07, 6.45) is 8.78. The lowest BCUT2D eigenvalue weighted by molar-refractivity contribution is 0.0833. The molecule has 3 nitrogen and oxygen atoms in total. The second kappa shape index (κ2) is 7.25. The van der Waals surface area contributed by atoms with Crippen molar-refractivity contribution in [3.05, 3.63) is 0 Å². The van der Waals surface area contributed by atoms with Crippen molar-refractivity contribution in [2.75, 3.05) is 19.8 Å². The number of aliphatic hydroxyl groups is 2. The fourth-order valence-electron chi connectivity index (χ4n) is 2.44. The Balaban J connectivity index is 2.35. The van der Waals surface area contributed by atoms with Crippen LogP contribution in [0.4, 0.5) is 0 Å². The van der Waals surface area contributed by atoms with Gasteiger partial charge < -0.3 is 15.5 Å². The molecule has 0 radical (unpaired) electrons. The standard InChI is InChI=1S/C13H27NO2/c1-2-13(10-15,11-16)14-9-12-7-5-3-4-6-8-12/h12,14-16H,2-11H2,1H3. The summed E-state index contributed by atoms with van der Waals surface area (Å²) in [4.78, 5) is 0. The first-order valence-electron chi connectivity index (χ1n) is 6.73. The molecule has 0 aromatic carbocycles. The van der Waals surface area contributed by atoms with Crippen LogP contribution in [0.3, 0.4) is 0 Å². The SMILES string of the molecule is CCC(CO)(CO)NCC1CCCCCC1. The molecular weight excluding hydrogens is 202 g/mol. The molecule has 1 rings (SSSR count). The maximum atomic E-state index is 9.34. The van der Waals surface area contributed by atoms with Crippen molar-refractivity contribution in [2.45, 2.75) is 57.4 Å². The highest BCUT2D eigenvalue weighted by molar-refractivity contribution is 4.86. The maximum absolute atomic E-state index is 9.34. The van der Waals surface area contributed by atoms with Gasteiger partial charge in [-0.25, -0.2) is 0 Å². The largest absolute Gasteiger partial charge is 0.394 e. The van der Waals surface area contributed by atoms with Gasteiger partial charge in [-0.15, -0.1) is 0 Å². The summed E-state index contributed by atoms with van der Waals surface area (Å²) in [6, 6.07) is 0. The van der Waals surface area contributed by atoms with Crippen LogP contribution in [0.25, 0.3) is 0 Å². The van der Waals surface area contributed by atoms with E-state index in [1.807, 2.05) is 6.92 Å². The molecule has 0 heterocycles. The molecule has 0 spiro atoms. The van der Waals surface area contributed by atoms with E-state index >= 15 is 0 Å². The minimum absolute atomic E-state index is 0.0206. The molecule has 0 atom stereocenters. The van der Waals surface area contributed by atoms with E-state index in [1.54, 1.807) is 0 Å². The van der Waals surface area contributed by atoms with Gasteiger partial charge in [0, 0.05) is 0 Å². The van der Waals surface area contributed by atoms with Crippen molar-refractivity contribution in [3.8, 4) is 0 Å². The zero-order valence-electron chi connectivity index (χ0n) is 10.5. The average molecular weight is 229 g/mol. The lowest BCUT2D eigenvalue weighted by atomic mass is 9.95. The molecule has 1 aliphatic carbocycles. The Morgan fingerprint density at radius 3 is 2.06 bits per heavy atom. The molecule has 1 saturated carbocycles. The van der Waals surface area contributed by atoms with Crippen LogP contribution >= 0.6 is 0 Å². The predicted molar refractivity (Wildman–Crippen MR) is 66.4 cm³/mol. The molecule has 0 aromatic rings. The quantitative estimate of drug-likeness (QED) is 0.607. The first-order valence-corrected chi connectivity index (χ1v) is 6.73. The number of hydrogen-bond donors (Lipinski definition) is 3. The molecule has 0 amide bonds. The van der Waals surface area contributed by atoms with Gasteiger partial charge in [0.25, 0.3) is 0 Å². The van der Waals surface area contributed by atoms with E-state index in [9.17, 15) is 10.2 Å². The highest BCUT2D eigenvalue weighted by atomic mass is 16.3. The first-order chi connectivity index (χ1) is 7.76. The van der Waals surface area contributed by atoms with Gasteiger partial charge in [-0.1, -0.05) is 32.6 Å². The molecule has 0 aromatic heterocycles. The summed E-state index contributed by atoms with van der Waals surface area (Å²) in [5.74, 6) is 0.728. The van der Waals surface area contributed by atoms with Crippen LogP contribution in [-0.4, -0.2) is 35.5 Å². The predicted octanol–water partition coefficient (Wildman–Crippen LogP) is 1.68. The van der Waals surface area contributed by atoms with Crippen LogP contribution in [-0.2, 0) is 0 Å². The third-order valence-electron chi connectivity index (χ3n) is 4.02. The average Bonchev–Trinajstić information content (AvgIpc) is 2.60. The summed E-state index contributed by atoms with van der Waals surface area (Å²) < 4.78 is 0. The lowest BCUT2D eigenvalue weighted by Crippen LogP contribution is -2.52. The van der Waals surface area contributed by atoms with Crippen molar-refractivity contribution in [3.63, 3.8) is 0 Å². The van der Waals surface area contributed by atoms with Crippen molar-refractivity contribution in [1.82, 2.24) is 5.32 Å². The summed E-state index contributed by atoms with van der Waals surface area (Å²) in [5, 5.41) is 22.1. The van der Waals surface area contributed by atoms with Gasteiger partial charge in [-0.2, -0.15) is 0 Å². The van der Waals surface area contributed by atoms with E-state index in [-0.39, 0.29) is 13.2 Å². The Morgan fingerprint density at radius 1 is 1.06 bits per heavy atom. The molecule has 0 aliphatic heterocycles. The zero-order valence-corrected chi connectivity index (χ0v) is 10.5. The van der Waals surface area contributed by atoms with Gasteiger partial charge >= 0.3 is 0 Å². The van der Waals surface area contributed by atoms with Gasteiger partial charge in [-0.05, 0) is 31.7 Å². The minimum Gasteiger partial charge on any atom is -0.394 e. The lowest BCUT2D eigenvalue weighted by Gasteiger charge is -2.31. The zero-order chi connectivity index (χ0) is 11.9. The van der Waals surface area contributed by atoms with E-state index < -0.39 is 5.54 Å². The molecule has 3 N–H and O–H groups in total. The highest BCUT2D eigenvalue weighted by Gasteiger charge is 2.26. The number of rotatable bonds is 6. The van der Waals surface area contributed by atoms with Crippen molar-refractivity contribution in [1.29, 1.82) is 0 Å². The second-order valence-electron chi connectivity index (χ2n) is 5.19. The van der Waals surface area contributed by atoms with E-state index in [4.69, 9.17) is 0 Å². The van der Waals surface area contributed by atoms with E-state index in [2.05, 4.69) is 5.32 Å². The van der Waals surface area contributed by atoms with Crippen LogP contribution in [0.2, 0.25) is 0 Å². The van der Waals surface area contributed by atoms with Crippen LogP contribution < -0.4 is 5.32 Å². The summed E-state index contributed by atoms with van der Waals surface area (Å²) >= 11 is 0. The molecular formula is C13H27NO2. The first kappa shape index (κ1) is 13.9. The molecule has 1 aliphatic rings. The Kier molecular flexibility index (Phi) is 6.32. The topological polar surface area (TPSA) is 52.5 Å². The van der Waals surface area contributed by atoms with E-state index in [0.717, 1.165) is 18.9 Å². The maximum Gasteiger partial charge on any atom is 0.0645 e. The second-order valence-corrected chi connectivity index (χ2v) is 5.19. The molecule has 0 bridgehead atoms. The summed E-state index contributed by atoms with van der Waals surface area (Å²) in [6.45, 7) is 2.99. The minimum atomic E-state index is -0.466. The van der Waals surface area contributed by atoms with Crippen molar-refractivity contribution in [2.24, 2.45) is 5.92 Å². The van der Waals surface area contributed by atoms with Crippen LogP contribution in [0.15, 0.2) is 0 Å². The monoisotopic (exact) mass is 229 g/mol.